The van der Waals surface area contributed by atoms with E-state index in [1.807, 2.05) is 30.3 Å². The first-order valence-corrected chi connectivity index (χ1v) is 11.9. The van der Waals surface area contributed by atoms with Crippen molar-refractivity contribution < 1.29 is 14.3 Å². The zero-order valence-corrected chi connectivity index (χ0v) is 21.3. The van der Waals surface area contributed by atoms with Gasteiger partial charge in [0.05, 0.1) is 28.1 Å². The molecular weight excluding hydrogens is 565 g/mol. The maximum Gasteiger partial charge on any atom is 0.255 e. The van der Waals surface area contributed by atoms with Crippen molar-refractivity contribution in [1.29, 1.82) is 0 Å². The average Bonchev–Trinajstić information content (AvgIpc) is 3.25. The van der Waals surface area contributed by atoms with Gasteiger partial charge in [-0.2, -0.15) is 5.10 Å². The van der Waals surface area contributed by atoms with Crippen molar-refractivity contribution in [3.8, 4) is 11.5 Å². The Morgan fingerprint density at radius 3 is 2.47 bits per heavy atom. The molecule has 0 atom stereocenters. The summed E-state index contributed by atoms with van der Waals surface area (Å²) < 4.78 is 14.0. The minimum absolute atomic E-state index is 0.174. The lowest BCUT2D eigenvalue weighted by atomic mass is 10.1. The molecule has 1 N–H and O–H groups in total. The van der Waals surface area contributed by atoms with Gasteiger partial charge in [0.25, 0.3) is 5.91 Å². The zero-order valence-electron chi connectivity index (χ0n) is 17.5. The second-order valence-electron chi connectivity index (χ2n) is 7.14. The van der Waals surface area contributed by atoms with Crippen molar-refractivity contribution in [3.05, 3.63) is 104 Å². The van der Waals surface area contributed by atoms with Crippen LogP contribution in [-0.2, 0) is 13.3 Å². The Kier molecular flexibility index (Phi) is 8.00. The van der Waals surface area contributed by atoms with E-state index in [9.17, 15) is 4.79 Å². The Hall–Kier alpha value is -2.71. The molecule has 4 aromatic rings. The standard InChI is InChI=1S/C24H17BrCl3N3O3/c25-17-4-6-20(7-5-17)34-14-31-12-19(11-29-31)30-24(32)16-3-1-2-15(8-16)13-33-23-21(27)9-18(26)10-22(23)28/h1-12H,13-14H2,(H,30,32). The van der Waals surface area contributed by atoms with Crippen molar-refractivity contribution in [2.45, 2.75) is 13.3 Å². The first kappa shape index (κ1) is 24.4. The van der Waals surface area contributed by atoms with Crippen LogP contribution in [0.25, 0.3) is 0 Å². The molecular formula is C24H17BrCl3N3O3. The summed E-state index contributed by atoms with van der Waals surface area (Å²) in [6.45, 7) is 0.383. The largest absolute Gasteiger partial charge is 0.486 e. The minimum Gasteiger partial charge on any atom is -0.486 e. The topological polar surface area (TPSA) is 65.4 Å². The normalized spacial score (nSPS) is 10.7. The summed E-state index contributed by atoms with van der Waals surface area (Å²) in [4.78, 5) is 12.7. The fourth-order valence-corrected chi connectivity index (χ4v) is 4.19. The molecule has 10 heteroatoms. The second kappa shape index (κ2) is 11.1. The summed E-state index contributed by atoms with van der Waals surface area (Å²) in [5.41, 5.74) is 1.78. The molecule has 0 saturated carbocycles. The van der Waals surface area contributed by atoms with Crippen LogP contribution in [0.5, 0.6) is 11.5 Å². The fourth-order valence-electron chi connectivity index (χ4n) is 3.00. The summed E-state index contributed by atoms with van der Waals surface area (Å²) in [5, 5.41) is 8.09. The first-order valence-electron chi connectivity index (χ1n) is 9.96. The number of hydrogen-bond acceptors (Lipinski definition) is 4. The zero-order chi connectivity index (χ0) is 24.1. The van der Waals surface area contributed by atoms with E-state index in [0.717, 1.165) is 10.0 Å². The Morgan fingerprint density at radius 2 is 1.74 bits per heavy atom. The number of hydrogen-bond donors (Lipinski definition) is 1. The third-order valence-corrected chi connectivity index (χ3v) is 5.91. The van der Waals surface area contributed by atoms with Crippen LogP contribution in [0.3, 0.4) is 0 Å². The van der Waals surface area contributed by atoms with Crippen molar-refractivity contribution in [2.75, 3.05) is 5.32 Å². The van der Waals surface area contributed by atoms with Crippen molar-refractivity contribution in [2.24, 2.45) is 0 Å². The van der Waals surface area contributed by atoms with Gasteiger partial charge in [-0.15, -0.1) is 0 Å². The van der Waals surface area contributed by atoms with E-state index in [4.69, 9.17) is 44.3 Å². The number of carbonyl (C=O) groups is 1. The smallest absolute Gasteiger partial charge is 0.255 e. The van der Waals surface area contributed by atoms with Gasteiger partial charge in [-0.1, -0.05) is 62.9 Å². The summed E-state index contributed by atoms with van der Waals surface area (Å²) >= 11 is 21.6. The average molecular weight is 582 g/mol. The van der Waals surface area contributed by atoms with E-state index in [0.29, 0.717) is 37.8 Å². The highest BCUT2D eigenvalue weighted by Gasteiger charge is 2.12. The van der Waals surface area contributed by atoms with Gasteiger partial charge in [-0.25, -0.2) is 4.68 Å². The highest BCUT2D eigenvalue weighted by molar-refractivity contribution is 9.10. The molecule has 0 spiro atoms. The summed E-state index contributed by atoms with van der Waals surface area (Å²) in [6, 6.07) is 17.6. The number of ether oxygens (including phenoxy) is 2. The fraction of sp³-hybridized carbons (Fsp3) is 0.0833. The Morgan fingerprint density at radius 1 is 1.00 bits per heavy atom. The minimum atomic E-state index is -0.280. The third kappa shape index (κ3) is 6.45. The molecule has 6 nitrogen and oxygen atoms in total. The number of halogens is 4. The number of nitrogens with one attached hydrogen (secondary N) is 1. The molecule has 0 fully saturated rings. The second-order valence-corrected chi connectivity index (χ2v) is 9.30. The first-order chi connectivity index (χ1) is 16.4. The lowest BCUT2D eigenvalue weighted by Crippen LogP contribution is -2.12. The van der Waals surface area contributed by atoms with Crippen LogP contribution in [0.15, 0.2) is 77.5 Å². The molecule has 174 valence electrons. The van der Waals surface area contributed by atoms with Crippen LogP contribution in [-0.4, -0.2) is 15.7 Å². The van der Waals surface area contributed by atoms with Crippen LogP contribution >= 0.6 is 50.7 Å². The van der Waals surface area contributed by atoms with E-state index in [1.54, 1.807) is 47.4 Å². The summed E-state index contributed by atoms with van der Waals surface area (Å²) in [7, 11) is 0. The maximum atomic E-state index is 12.7. The maximum absolute atomic E-state index is 12.7. The molecule has 3 aromatic carbocycles. The lowest BCUT2D eigenvalue weighted by molar-refractivity contribution is 0.102. The van der Waals surface area contributed by atoms with E-state index in [-0.39, 0.29) is 19.2 Å². The van der Waals surface area contributed by atoms with Gasteiger partial charge < -0.3 is 14.8 Å². The van der Waals surface area contributed by atoms with Crippen LogP contribution in [0.2, 0.25) is 15.1 Å². The molecule has 0 unspecified atom stereocenters. The third-order valence-electron chi connectivity index (χ3n) is 4.60. The number of rotatable bonds is 8. The number of carbonyl (C=O) groups excluding carboxylic acids is 1. The molecule has 1 aromatic heterocycles. The highest BCUT2D eigenvalue weighted by atomic mass is 79.9. The van der Waals surface area contributed by atoms with E-state index >= 15 is 0 Å². The molecule has 1 heterocycles. The van der Waals surface area contributed by atoms with Gasteiger partial charge >= 0.3 is 0 Å². The number of nitrogens with zero attached hydrogens (tertiary/aromatic N) is 2. The van der Waals surface area contributed by atoms with Gasteiger partial charge in [0, 0.05) is 15.1 Å². The van der Waals surface area contributed by atoms with Gasteiger partial charge in [-0.3, -0.25) is 4.79 Å². The summed E-state index contributed by atoms with van der Waals surface area (Å²) in [6.07, 6.45) is 3.24. The predicted molar refractivity (Wildman–Crippen MR) is 137 cm³/mol. The quantitative estimate of drug-likeness (QED) is 0.234. The molecule has 0 aliphatic carbocycles. The van der Waals surface area contributed by atoms with Gasteiger partial charge in [0.15, 0.2) is 12.5 Å². The number of aromatic nitrogens is 2. The van der Waals surface area contributed by atoms with Gasteiger partial charge in [-0.05, 0) is 54.1 Å². The van der Waals surface area contributed by atoms with Crippen LogP contribution in [0, 0.1) is 0 Å². The molecule has 0 aliphatic heterocycles. The Balaban J connectivity index is 1.35. The highest BCUT2D eigenvalue weighted by Crippen LogP contribution is 2.36. The lowest BCUT2D eigenvalue weighted by Gasteiger charge is -2.11. The molecule has 0 aliphatic rings. The van der Waals surface area contributed by atoms with Gasteiger partial charge in [0.1, 0.15) is 12.4 Å². The monoisotopic (exact) mass is 579 g/mol. The van der Waals surface area contributed by atoms with E-state index in [1.165, 1.54) is 0 Å². The number of amides is 1. The van der Waals surface area contributed by atoms with Crippen LogP contribution < -0.4 is 14.8 Å². The van der Waals surface area contributed by atoms with E-state index in [2.05, 4.69) is 26.3 Å². The predicted octanol–water partition coefficient (Wildman–Crippen LogP) is 7.47. The SMILES string of the molecule is O=C(Nc1cnn(COc2ccc(Br)cc2)c1)c1cccc(COc2c(Cl)cc(Cl)cc2Cl)c1. The van der Waals surface area contributed by atoms with Crippen molar-refractivity contribution in [3.63, 3.8) is 0 Å². The molecule has 4 rings (SSSR count). The summed E-state index contributed by atoms with van der Waals surface area (Å²) in [5.74, 6) is 0.766. The van der Waals surface area contributed by atoms with Gasteiger partial charge in [0.2, 0.25) is 0 Å². The molecule has 0 bridgehead atoms. The van der Waals surface area contributed by atoms with Crippen molar-refractivity contribution >= 4 is 62.3 Å². The van der Waals surface area contributed by atoms with Crippen molar-refractivity contribution in [1.82, 2.24) is 9.78 Å². The number of anilines is 1. The molecule has 0 saturated heterocycles. The number of benzene rings is 3. The Bertz CT molecular complexity index is 1290. The molecule has 34 heavy (non-hydrogen) atoms. The molecule has 0 radical (unpaired) electrons. The Labute approximate surface area is 219 Å². The van der Waals surface area contributed by atoms with Crippen LogP contribution in [0.1, 0.15) is 15.9 Å². The van der Waals surface area contributed by atoms with E-state index < -0.39 is 0 Å². The van der Waals surface area contributed by atoms with Crippen LogP contribution in [0.4, 0.5) is 5.69 Å². The molecule has 1 amide bonds.